The molecule has 35 heavy (non-hydrogen) atoms. The van der Waals surface area contributed by atoms with Crippen molar-refractivity contribution in [2.75, 3.05) is 11.9 Å². The van der Waals surface area contributed by atoms with Crippen molar-refractivity contribution in [3.05, 3.63) is 105 Å². The van der Waals surface area contributed by atoms with Crippen molar-refractivity contribution < 1.29 is 13.9 Å². The fraction of sp³-hybridized carbons (Fsp3) is 0.148. The minimum absolute atomic E-state index is 0.0376. The zero-order chi connectivity index (χ0) is 24.4. The zero-order valence-electron chi connectivity index (χ0n) is 19.1. The first-order chi connectivity index (χ1) is 17.0. The van der Waals surface area contributed by atoms with Gasteiger partial charge in [0.1, 0.15) is 23.4 Å². The molecule has 0 unspecified atom stereocenters. The molecule has 2 heterocycles. The summed E-state index contributed by atoms with van der Waals surface area (Å²) in [4.78, 5) is 39.8. The van der Waals surface area contributed by atoms with Crippen LogP contribution in [0.25, 0.3) is 22.1 Å². The van der Waals surface area contributed by atoms with Gasteiger partial charge in [-0.2, -0.15) is 0 Å². The average molecular weight is 469 g/mol. The van der Waals surface area contributed by atoms with Gasteiger partial charge in [-0.25, -0.2) is 4.79 Å². The van der Waals surface area contributed by atoms with Crippen molar-refractivity contribution in [1.29, 1.82) is 0 Å². The summed E-state index contributed by atoms with van der Waals surface area (Å²) in [5.41, 5.74) is 1.05. The minimum atomic E-state index is -0.584. The van der Waals surface area contributed by atoms with Gasteiger partial charge in [-0.3, -0.25) is 18.7 Å². The van der Waals surface area contributed by atoms with E-state index in [2.05, 4.69) is 5.32 Å². The van der Waals surface area contributed by atoms with Crippen LogP contribution in [0.5, 0.6) is 5.75 Å². The van der Waals surface area contributed by atoms with Crippen LogP contribution in [0.3, 0.4) is 0 Å². The van der Waals surface area contributed by atoms with E-state index < -0.39 is 17.2 Å². The highest BCUT2D eigenvalue weighted by Crippen LogP contribution is 2.25. The lowest BCUT2D eigenvalue weighted by Crippen LogP contribution is -2.41. The molecule has 8 nitrogen and oxygen atoms in total. The second-order valence-corrected chi connectivity index (χ2v) is 8.03. The molecule has 3 aromatic carbocycles. The van der Waals surface area contributed by atoms with Gasteiger partial charge in [0, 0.05) is 11.1 Å². The lowest BCUT2D eigenvalue weighted by molar-refractivity contribution is -0.116. The number of ether oxygens (including phenoxy) is 1. The number of aromatic nitrogens is 2. The molecule has 5 rings (SSSR count). The summed E-state index contributed by atoms with van der Waals surface area (Å²) in [7, 11) is 0. The fourth-order valence-electron chi connectivity index (χ4n) is 4.09. The molecule has 1 N–H and O–H groups in total. The Labute approximate surface area is 200 Å². The first-order valence-corrected chi connectivity index (χ1v) is 11.3. The van der Waals surface area contributed by atoms with Gasteiger partial charge in [0.15, 0.2) is 0 Å². The van der Waals surface area contributed by atoms with Gasteiger partial charge >= 0.3 is 5.69 Å². The van der Waals surface area contributed by atoms with Gasteiger partial charge in [0.25, 0.3) is 5.56 Å². The predicted octanol–water partition coefficient (Wildman–Crippen LogP) is 4.00. The molecule has 0 atom stereocenters. The number of carbonyl (C=O) groups is 1. The van der Waals surface area contributed by atoms with Crippen LogP contribution in [0.4, 0.5) is 5.69 Å². The van der Waals surface area contributed by atoms with Gasteiger partial charge in [0.05, 0.1) is 13.2 Å². The normalized spacial score (nSPS) is 11.1. The van der Waals surface area contributed by atoms with Gasteiger partial charge < -0.3 is 14.5 Å². The summed E-state index contributed by atoms with van der Waals surface area (Å²) >= 11 is 0. The molecule has 0 aliphatic heterocycles. The van der Waals surface area contributed by atoms with E-state index in [-0.39, 0.29) is 18.7 Å². The Morgan fingerprint density at radius 1 is 0.914 bits per heavy atom. The molecule has 0 radical (unpaired) electrons. The third-order valence-corrected chi connectivity index (χ3v) is 5.67. The van der Waals surface area contributed by atoms with Crippen molar-refractivity contribution in [2.24, 2.45) is 0 Å². The van der Waals surface area contributed by atoms with Crippen molar-refractivity contribution in [1.82, 2.24) is 9.13 Å². The highest BCUT2D eigenvalue weighted by Gasteiger charge is 2.21. The molecule has 0 bridgehead atoms. The SMILES string of the molecule is CCOc1ccc(NC(=O)Cn2c(=O)n(Cc3ccccc3)c(=O)c3oc4ccccc4c32)cc1. The molecule has 176 valence electrons. The van der Waals surface area contributed by atoms with E-state index in [9.17, 15) is 14.4 Å². The first kappa shape index (κ1) is 22.2. The van der Waals surface area contributed by atoms with Crippen LogP contribution in [0.1, 0.15) is 12.5 Å². The molecule has 1 amide bonds. The maximum atomic E-state index is 13.5. The number of carbonyl (C=O) groups excluding carboxylic acids is 1. The molecular formula is C27H23N3O5. The van der Waals surface area contributed by atoms with Crippen molar-refractivity contribution >= 4 is 33.7 Å². The van der Waals surface area contributed by atoms with E-state index in [4.69, 9.17) is 9.15 Å². The molecule has 0 saturated carbocycles. The maximum Gasteiger partial charge on any atom is 0.332 e. The Bertz CT molecular complexity index is 1630. The molecule has 0 spiro atoms. The molecule has 2 aromatic heterocycles. The number of fused-ring (bicyclic) bond motifs is 3. The highest BCUT2D eigenvalue weighted by molar-refractivity contribution is 6.03. The summed E-state index contributed by atoms with van der Waals surface area (Å²) < 4.78 is 13.7. The largest absolute Gasteiger partial charge is 0.494 e. The van der Waals surface area contributed by atoms with Crippen LogP contribution in [0, 0.1) is 0 Å². The number of furan rings is 1. The Morgan fingerprint density at radius 3 is 2.37 bits per heavy atom. The molecule has 5 aromatic rings. The van der Waals surface area contributed by atoms with Crippen molar-refractivity contribution in [3.8, 4) is 5.75 Å². The van der Waals surface area contributed by atoms with E-state index in [1.165, 1.54) is 4.57 Å². The van der Waals surface area contributed by atoms with Gasteiger partial charge in [-0.15, -0.1) is 0 Å². The molecule has 8 heteroatoms. The summed E-state index contributed by atoms with van der Waals surface area (Å²) in [6.07, 6.45) is 0. The van der Waals surface area contributed by atoms with Crippen LogP contribution in [0.15, 0.2) is 92.9 Å². The van der Waals surface area contributed by atoms with Crippen LogP contribution in [0.2, 0.25) is 0 Å². The Balaban J connectivity index is 1.58. The molecule has 0 saturated heterocycles. The minimum Gasteiger partial charge on any atom is -0.494 e. The number of hydrogen-bond donors (Lipinski definition) is 1. The zero-order valence-corrected chi connectivity index (χ0v) is 19.1. The molecule has 0 fully saturated rings. The van der Waals surface area contributed by atoms with Crippen molar-refractivity contribution in [3.63, 3.8) is 0 Å². The maximum absolute atomic E-state index is 13.5. The average Bonchev–Trinajstić information content (AvgIpc) is 3.26. The quantitative estimate of drug-likeness (QED) is 0.389. The van der Waals surface area contributed by atoms with E-state index in [1.807, 2.05) is 37.3 Å². The standard InChI is InChI=1S/C27H23N3O5/c1-2-34-20-14-12-19(13-15-20)28-23(31)17-29-24-21-10-6-7-11-22(21)35-25(24)26(32)30(27(29)33)16-18-8-4-3-5-9-18/h3-15H,2,16-17H2,1H3,(H,28,31). The summed E-state index contributed by atoms with van der Waals surface area (Å²) in [5.74, 6) is 0.286. The lowest BCUT2D eigenvalue weighted by Gasteiger charge is -2.12. The first-order valence-electron chi connectivity index (χ1n) is 11.3. The summed E-state index contributed by atoms with van der Waals surface area (Å²) in [6, 6.07) is 23.2. The fourth-order valence-corrected chi connectivity index (χ4v) is 4.09. The number of nitrogens with zero attached hydrogens (tertiary/aromatic N) is 2. The number of nitrogens with one attached hydrogen (secondary N) is 1. The highest BCUT2D eigenvalue weighted by atomic mass is 16.5. The lowest BCUT2D eigenvalue weighted by atomic mass is 10.2. The van der Waals surface area contributed by atoms with Gasteiger partial charge in [0.2, 0.25) is 11.5 Å². The summed E-state index contributed by atoms with van der Waals surface area (Å²) in [5, 5.41) is 3.40. The number of benzene rings is 3. The van der Waals surface area contributed by atoms with E-state index >= 15 is 0 Å². The van der Waals surface area contributed by atoms with Crippen molar-refractivity contribution in [2.45, 2.75) is 20.0 Å². The van der Waals surface area contributed by atoms with E-state index in [0.29, 0.717) is 34.5 Å². The Morgan fingerprint density at radius 2 is 1.63 bits per heavy atom. The van der Waals surface area contributed by atoms with Gasteiger partial charge in [-0.1, -0.05) is 42.5 Å². The van der Waals surface area contributed by atoms with Crippen LogP contribution in [-0.4, -0.2) is 21.6 Å². The number of para-hydroxylation sites is 1. The van der Waals surface area contributed by atoms with Crippen LogP contribution in [-0.2, 0) is 17.9 Å². The molecule has 0 aliphatic carbocycles. The number of anilines is 1. The van der Waals surface area contributed by atoms with E-state index in [1.54, 1.807) is 48.5 Å². The Kier molecular flexibility index (Phi) is 5.93. The second-order valence-electron chi connectivity index (χ2n) is 8.03. The monoisotopic (exact) mass is 469 g/mol. The second kappa shape index (κ2) is 9.34. The van der Waals surface area contributed by atoms with Gasteiger partial charge in [-0.05, 0) is 48.9 Å². The number of amides is 1. The Hall–Kier alpha value is -4.59. The smallest absolute Gasteiger partial charge is 0.332 e. The van der Waals surface area contributed by atoms with E-state index in [0.717, 1.165) is 10.1 Å². The number of hydrogen-bond acceptors (Lipinski definition) is 5. The molecular weight excluding hydrogens is 446 g/mol. The predicted molar refractivity (Wildman–Crippen MR) is 134 cm³/mol. The third kappa shape index (κ3) is 4.33. The van der Waals surface area contributed by atoms with Crippen LogP contribution >= 0.6 is 0 Å². The summed E-state index contributed by atoms with van der Waals surface area (Å²) in [6.45, 7) is 2.21. The molecule has 0 aliphatic rings. The topological polar surface area (TPSA) is 95.5 Å². The third-order valence-electron chi connectivity index (χ3n) is 5.67. The van der Waals surface area contributed by atoms with Crippen LogP contribution < -0.4 is 21.3 Å². The number of rotatable bonds is 7.